The molecule has 1 aromatic heterocycles. The van der Waals surface area contributed by atoms with Crippen LogP contribution in [0.2, 0.25) is 0 Å². The number of thiophene rings is 1. The van der Waals surface area contributed by atoms with E-state index in [1.165, 1.54) is 15.6 Å². The molecule has 0 aliphatic rings. The fourth-order valence-electron chi connectivity index (χ4n) is 1.61. The van der Waals surface area contributed by atoms with Gasteiger partial charge in [-0.1, -0.05) is 0 Å². The van der Waals surface area contributed by atoms with Gasteiger partial charge in [-0.05, 0) is 38.5 Å². The van der Waals surface area contributed by atoms with Crippen LogP contribution in [-0.4, -0.2) is 51.9 Å². The molecule has 0 bridgehead atoms. The van der Waals surface area contributed by atoms with Gasteiger partial charge in [0, 0.05) is 25.0 Å². The Morgan fingerprint density at radius 2 is 1.94 bits per heavy atom. The molecule has 5 nitrogen and oxygen atoms in total. The second-order valence-electron chi connectivity index (χ2n) is 4.40. The normalized spacial score (nSPS) is 12.6. The molecule has 2 N–H and O–H groups in total. The standard InChI is InChI=1S/C11H21N3O2S2/c1-13(2)6-4-7-14(3)18(15,16)11-5-8-17-10(11)9-12/h5,8H,4,6-7,9,12H2,1-3H3. The third kappa shape index (κ3) is 3.76. The van der Waals surface area contributed by atoms with E-state index in [-0.39, 0.29) is 6.54 Å². The van der Waals surface area contributed by atoms with E-state index in [0.29, 0.717) is 11.4 Å². The zero-order chi connectivity index (χ0) is 13.8. The molecule has 1 aromatic rings. The number of hydrogen-bond donors (Lipinski definition) is 1. The van der Waals surface area contributed by atoms with Crippen molar-refractivity contribution in [2.75, 3.05) is 34.2 Å². The Balaban J connectivity index is 2.74. The van der Waals surface area contributed by atoms with E-state index in [9.17, 15) is 8.42 Å². The summed E-state index contributed by atoms with van der Waals surface area (Å²) in [4.78, 5) is 3.10. The molecule has 0 amide bonds. The van der Waals surface area contributed by atoms with Crippen molar-refractivity contribution in [1.29, 1.82) is 0 Å². The first-order valence-electron chi connectivity index (χ1n) is 5.77. The van der Waals surface area contributed by atoms with Crippen molar-refractivity contribution in [1.82, 2.24) is 9.21 Å². The third-order valence-electron chi connectivity index (χ3n) is 2.66. The summed E-state index contributed by atoms with van der Waals surface area (Å²) in [6, 6.07) is 1.63. The molecule has 18 heavy (non-hydrogen) atoms. The maximum absolute atomic E-state index is 12.3. The molecular formula is C11H21N3O2S2. The Hall–Kier alpha value is -0.470. The van der Waals surface area contributed by atoms with E-state index in [1.54, 1.807) is 18.5 Å². The largest absolute Gasteiger partial charge is 0.326 e. The second-order valence-corrected chi connectivity index (χ2v) is 7.41. The summed E-state index contributed by atoms with van der Waals surface area (Å²) in [5, 5.41) is 1.77. The van der Waals surface area contributed by atoms with Gasteiger partial charge in [-0.3, -0.25) is 0 Å². The van der Waals surface area contributed by atoms with Crippen molar-refractivity contribution in [3.8, 4) is 0 Å². The van der Waals surface area contributed by atoms with Crippen molar-refractivity contribution < 1.29 is 8.42 Å². The van der Waals surface area contributed by atoms with Crippen LogP contribution in [0.3, 0.4) is 0 Å². The van der Waals surface area contributed by atoms with Gasteiger partial charge in [0.15, 0.2) is 0 Å². The molecule has 1 rings (SSSR count). The van der Waals surface area contributed by atoms with E-state index < -0.39 is 10.0 Å². The average Bonchev–Trinajstić information content (AvgIpc) is 2.76. The molecule has 0 unspecified atom stereocenters. The van der Waals surface area contributed by atoms with Crippen molar-refractivity contribution in [2.45, 2.75) is 17.9 Å². The minimum absolute atomic E-state index is 0.262. The Labute approximate surface area is 113 Å². The molecule has 0 saturated carbocycles. The van der Waals surface area contributed by atoms with Crippen molar-refractivity contribution in [3.05, 3.63) is 16.3 Å². The molecule has 104 valence electrons. The molecule has 0 radical (unpaired) electrons. The van der Waals surface area contributed by atoms with Gasteiger partial charge >= 0.3 is 0 Å². The van der Waals surface area contributed by atoms with Crippen LogP contribution in [0.25, 0.3) is 0 Å². The van der Waals surface area contributed by atoms with E-state index >= 15 is 0 Å². The summed E-state index contributed by atoms with van der Waals surface area (Å²) in [6.07, 6.45) is 0.810. The second kappa shape index (κ2) is 6.63. The molecule has 0 aliphatic heterocycles. The van der Waals surface area contributed by atoms with Crippen molar-refractivity contribution in [3.63, 3.8) is 0 Å². The Bertz CT molecular complexity index is 468. The number of nitrogens with two attached hydrogens (primary N) is 1. The molecule has 0 aromatic carbocycles. The quantitative estimate of drug-likeness (QED) is 0.806. The minimum Gasteiger partial charge on any atom is -0.326 e. The van der Waals surface area contributed by atoms with Gasteiger partial charge in [-0.25, -0.2) is 12.7 Å². The van der Waals surface area contributed by atoms with Crippen LogP contribution < -0.4 is 5.73 Å². The highest BCUT2D eigenvalue weighted by Crippen LogP contribution is 2.24. The van der Waals surface area contributed by atoms with Crippen LogP contribution in [0.15, 0.2) is 16.3 Å². The maximum Gasteiger partial charge on any atom is 0.243 e. The van der Waals surface area contributed by atoms with E-state index in [4.69, 9.17) is 5.73 Å². The van der Waals surface area contributed by atoms with Gasteiger partial charge in [0.05, 0.1) is 4.90 Å². The number of hydrogen-bond acceptors (Lipinski definition) is 5. The van der Waals surface area contributed by atoms with Gasteiger partial charge in [-0.2, -0.15) is 0 Å². The van der Waals surface area contributed by atoms with Gasteiger partial charge < -0.3 is 10.6 Å². The smallest absolute Gasteiger partial charge is 0.243 e. The van der Waals surface area contributed by atoms with Gasteiger partial charge in [0.25, 0.3) is 0 Å². The summed E-state index contributed by atoms with van der Waals surface area (Å²) in [5.74, 6) is 0. The highest BCUT2D eigenvalue weighted by atomic mass is 32.2. The lowest BCUT2D eigenvalue weighted by molar-refractivity contribution is 0.370. The average molecular weight is 291 g/mol. The summed E-state index contributed by atoms with van der Waals surface area (Å²) in [6.45, 7) is 1.64. The van der Waals surface area contributed by atoms with Crippen LogP contribution in [0.5, 0.6) is 0 Å². The van der Waals surface area contributed by atoms with E-state index in [1.807, 2.05) is 19.0 Å². The lowest BCUT2D eigenvalue weighted by atomic mass is 10.4. The first kappa shape index (κ1) is 15.6. The Kier molecular flexibility index (Phi) is 5.74. The molecular weight excluding hydrogens is 270 g/mol. The highest BCUT2D eigenvalue weighted by Gasteiger charge is 2.23. The number of nitrogens with zero attached hydrogens (tertiary/aromatic N) is 2. The fraction of sp³-hybridized carbons (Fsp3) is 0.636. The summed E-state index contributed by atoms with van der Waals surface area (Å²) in [5.41, 5.74) is 5.55. The predicted molar refractivity (Wildman–Crippen MR) is 75.2 cm³/mol. The first-order valence-corrected chi connectivity index (χ1v) is 8.09. The van der Waals surface area contributed by atoms with Crippen LogP contribution >= 0.6 is 11.3 Å². The number of sulfonamides is 1. The fourth-order valence-corrected chi connectivity index (χ4v) is 4.12. The van der Waals surface area contributed by atoms with Crippen LogP contribution in [0.4, 0.5) is 0 Å². The molecule has 0 saturated heterocycles. The van der Waals surface area contributed by atoms with Gasteiger partial charge in [0.1, 0.15) is 0 Å². The minimum atomic E-state index is -3.39. The van der Waals surface area contributed by atoms with E-state index in [0.717, 1.165) is 17.8 Å². The van der Waals surface area contributed by atoms with E-state index in [2.05, 4.69) is 0 Å². The summed E-state index contributed by atoms with van der Waals surface area (Å²) >= 11 is 1.38. The zero-order valence-electron chi connectivity index (χ0n) is 11.1. The SMILES string of the molecule is CN(C)CCCN(C)S(=O)(=O)c1ccsc1CN. The molecule has 0 aliphatic carbocycles. The summed E-state index contributed by atoms with van der Waals surface area (Å²) in [7, 11) is 2.17. The van der Waals surface area contributed by atoms with Gasteiger partial charge in [-0.15, -0.1) is 11.3 Å². The van der Waals surface area contributed by atoms with Crippen molar-refractivity contribution >= 4 is 21.4 Å². The Morgan fingerprint density at radius 3 is 2.50 bits per heavy atom. The summed E-state index contributed by atoms with van der Waals surface area (Å²) < 4.78 is 26.0. The van der Waals surface area contributed by atoms with Crippen LogP contribution in [0, 0.1) is 0 Å². The van der Waals surface area contributed by atoms with Gasteiger partial charge in [0.2, 0.25) is 10.0 Å². The molecule has 1 heterocycles. The lowest BCUT2D eigenvalue weighted by Gasteiger charge is -2.18. The van der Waals surface area contributed by atoms with Crippen molar-refractivity contribution in [2.24, 2.45) is 5.73 Å². The molecule has 0 atom stereocenters. The lowest BCUT2D eigenvalue weighted by Crippen LogP contribution is -2.30. The first-order chi connectivity index (χ1) is 8.39. The third-order valence-corrected chi connectivity index (χ3v) is 5.67. The van der Waals surface area contributed by atoms with Crippen LogP contribution in [0.1, 0.15) is 11.3 Å². The maximum atomic E-state index is 12.3. The topological polar surface area (TPSA) is 66.6 Å². The zero-order valence-corrected chi connectivity index (χ0v) is 12.7. The number of rotatable bonds is 7. The van der Waals surface area contributed by atoms with Crippen LogP contribution in [-0.2, 0) is 16.6 Å². The predicted octanol–water partition coefficient (Wildman–Crippen LogP) is 0.779. The highest BCUT2D eigenvalue weighted by molar-refractivity contribution is 7.89. The monoisotopic (exact) mass is 291 g/mol. The molecule has 7 heteroatoms. The molecule has 0 spiro atoms. The molecule has 0 fully saturated rings. The Morgan fingerprint density at radius 1 is 1.28 bits per heavy atom.